The molecule has 3 aromatic rings. The number of carbonyl (C=O) groups excluding carboxylic acids is 1. The topological polar surface area (TPSA) is 88.2 Å². The molecule has 1 aromatic heterocycles. The van der Waals surface area contributed by atoms with Crippen molar-refractivity contribution in [3.63, 3.8) is 0 Å². The van der Waals surface area contributed by atoms with E-state index < -0.39 is 15.9 Å². The summed E-state index contributed by atoms with van der Waals surface area (Å²) >= 11 is 7.68. The highest BCUT2D eigenvalue weighted by atomic mass is 35.5. The van der Waals surface area contributed by atoms with Gasteiger partial charge >= 0.3 is 0 Å². The fraction of sp³-hybridized carbons (Fsp3) is 0.364. The van der Waals surface area contributed by atoms with Crippen molar-refractivity contribution in [1.29, 1.82) is 0 Å². The van der Waals surface area contributed by atoms with Crippen LogP contribution in [0.1, 0.15) is 50.5 Å². The summed E-state index contributed by atoms with van der Waals surface area (Å²) in [5, 5.41) is 3.71. The number of anilines is 1. The quantitative estimate of drug-likeness (QED) is 0.373. The molecule has 1 heterocycles. The Morgan fingerprint density at radius 2 is 1.94 bits per heavy atom. The van der Waals surface area contributed by atoms with Gasteiger partial charge in [0.1, 0.15) is 5.01 Å². The zero-order valence-electron chi connectivity index (χ0n) is 17.5. The van der Waals surface area contributed by atoms with Crippen LogP contribution in [-0.2, 0) is 14.8 Å². The number of benzene rings is 2. The molecule has 0 radical (unpaired) electrons. The molecular weight excluding hydrogens is 454 g/mol. The number of unbranched alkanes of at least 4 members (excludes halogenated alkanes) is 3. The van der Waals surface area contributed by atoms with Crippen molar-refractivity contribution in [2.24, 2.45) is 0 Å². The number of para-hydroxylation sites is 1. The van der Waals surface area contributed by atoms with E-state index in [1.54, 1.807) is 6.92 Å². The first-order valence-electron chi connectivity index (χ1n) is 10.3. The third-order valence-corrected chi connectivity index (χ3v) is 7.91. The van der Waals surface area contributed by atoms with E-state index >= 15 is 0 Å². The SMILES string of the molecule is CCCCCCNS(=O)(=O)c1ccc(Cl)c(NC(=O)C(C)c2nc3ccccc3s2)c1. The summed E-state index contributed by atoms with van der Waals surface area (Å²) in [6.07, 6.45) is 3.92. The summed E-state index contributed by atoms with van der Waals surface area (Å²) < 4.78 is 28.8. The number of halogens is 1. The van der Waals surface area contributed by atoms with Crippen molar-refractivity contribution < 1.29 is 13.2 Å². The standard InChI is InChI=1S/C22H26ClN3O3S2/c1-3-4-5-8-13-24-31(28,29)16-11-12-17(23)19(14-16)25-21(27)15(2)22-26-18-9-6-7-10-20(18)30-22/h6-7,9-12,14-15,24H,3-5,8,13H2,1-2H3,(H,25,27). The van der Waals surface area contributed by atoms with Crippen LogP contribution in [0.15, 0.2) is 47.4 Å². The van der Waals surface area contributed by atoms with Crippen LogP contribution in [0.5, 0.6) is 0 Å². The second-order valence-corrected chi connectivity index (χ2v) is 10.6. The highest BCUT2D eigenvalue weighted by Crippen LogP contribution is 2.30. The Morgan fingerprint density at radius 1 is 1.16 bits per heavy atom. The number of amides is 1. The molecule has 0 bridgehead atoms. The van der Waals surface area contributed by atoms with Gasteiger partial charge in [-0.25, -0.2) is 18.1 Å². The molecule has 3 rings (SSSR count). The van der Waals surface area contributed by atoms with Crippen LogP contribution in [0.3, 0.4) is 0 Å². The third-order valence-electron chi connectivity index (χ3n) is 4.90. The summed E-state index contributed by atoms with van der Waals surface area (Å²) in [6, 6.07) is 12.0. The number of thiazole rings is 1. The van der Waals surface area contributed by atoms with Gasteiger partial charge < -0.3 is 5.32 Å². The minimum Gasteiger partial charge on any atom is -0.324 e. The normalized spacial score (nSPS) is 12.7. The number of fused-ring (bicyclic) bond motifs is 1. The fourth-order valence-electron chi connectivity index (χ4n) is 3.04. The van der Waals surface area contributed by atoms with Crippen molar-refractivity contribution in [2.75, 3.05) is 11.9 Å². The molecule has 1 amide bonds. The lowest BCUT2D eigenvalue weighted by atomic mass is 10.1. The number of hydrogen-bond acceptors (Lipinski definition) is 5. The maximum atomic E-state index is 12.8. The molecule has 1 atom stereocenters. The summed E-state index contributed by atoms with van der Waals surface area (Å²) in [5.41, 5.74) is 1.10. The largest absolute Gasteiger partial charge is 0.324 e. The minimum absolute atomic E-state index is 0.0651. The van der Waals surface area contributed by atoms with Crippen LogP contribution in [0.4, 0.5) is 5.69 Å². The molecule has 0 fully saturated rings. The van der Waals surface area contributed by atoms with Gasteiger partial charge in [0.05, 0.1) is 31.7 Å². The van der Waals surface area contributed by atoms with Gasteiger partial charge in [-0.1, -0.05) is 49.9 Å². The first-order valence-corrected chi connectivity index (χ1v) is 12.9. The van der Waals surface area contributed by atoms with Gasteiger partial charge in [0, 0.05) is 6.54 Å². The minimum atomic E-state index is -3.68. The van der Waals surface area contributed by atoms with E-state index in [-0.39, 0.29) is 21.5 Å². The van der Waals surface area contributed by atoms with E-state index in [0.29, 0.717) is 11.6 Å². The maximum Gasteiger partial charge on any atom is 0.240 e. The van der Waals surface area contributed by atoms with Crippen LogP contribution < -0.4 is 10.0 Å². The molecule has 0 spiro atoms. The van der Waals surface area contributed by atoms with E-state index in [1.807, 2.05) is 24.3 Å². The summed E-state index contributed by atoms with van der Waals surface area (Å²) in [5.74, 6) is -0.812. The monoisotopic (exact) mass is 479 g/mol. The van der Waals surface area contributed by atoms with Crippen molar-refractivity contribution in [3.05, 3.63) is 52.5 Å². The molecule has 0 aliphatic rings. The number of sulfonamides is 1. The predicted octanol–water partition coefficient (Wildman–Crippen LogP) is 5.55. The molecule has 0 saturated heterocycles. The second kappa shape index (κ2) is 10.5. The Labute approximate surface area is 192 Å². The van der Waals surface area contributed by atoms with Gasteiger partial charge in [-0.3, -0.25) is 4.79 Å². The molecule has 31 heavy (non-hydrogen) atoms. The fourth-order valence-corrected chi connectivity index (χ4v) is 5.32. The Morgan fingerprint density at radius 3 is 2.68 bits per heavy atom. The van der Waals surface area contributed by atoms with Crippen molar-refractivity contribution in [3.8, 4) is 0 Å². The number of nitrogens with one attached hydrogen (secondary N) is 2. The van der Waals surface area contributed by atoms with E-state index in [9.17, 15) is 13.2 Å². The van der Waals surface area contributed by atoms with E-state index in [2.05, 4.69) is 21.9 Å². The first kappa shape index (κ1) is 23.7. The third kappa shape index (κ3) is 6.04. The molecular formula is C22H26ClN3O3S2. The predicted molar refractivity (Wildman–Crippen MR) is 127 cm³/mol. The number of hydrogen-bond donors (Lipinski definition) is 2. The molecule has 6 nitrogen and oxygen atoms in total. The zero-order chi connectivity index (χ0) is 22.4. The van der Waals surface area contributed by atoms with Gasteiger partial charge in [0.15, 0.2) is 0 Å². The first-order chi connectivity index (χ1) is 14.8. The van der Waals surface area contributed by atoms with Crippen molar-refractivity contribution >= 4 is 54.8 Å². The summed E-state index contributed by atoms with van der Waals surface area (Å²) in [6.45, 7) is 4.24. The zero-order valence-corrected chi connectivity index (χ0v) is 19.9. The molecule has 0 aliphatic heterocycles. The highest BCUT2D eigenvalue weighted by Gasteiger charge is 2.22. The highest BCUT2D eigenvalue weighted by molar-refractivity contribution is 7.89. The molecule has 166 valence electrons. The van der Waals surface area contributed by atoms with E-state index in [4.69, 9.17) is 11.6 Å². The van der Waals surface area contributed by atoms with Gasteiger partial charge in [-0.2, -0.15) is 0 Å². The Bertz CT molecular complexity index is 1130. The Balaban J connectivity index is 1.71. The van der Waals surface area contributed by atoms with Crippen molar-refractivity contribution in [1.82, 2.24) is 9.71 Å². The maximum absolute atomic E-state index is 12.8. The molecule has 1 unspecified atom stereocenters. The van der Waals surface area contributed by atoms with E-state index in [0.717, 1.165) is 35.9 Å². The second-order valence-electron chi connectivity index (χ2n) is 7.33. The van der Waals surface area contributed by atoms with Gasteiger partial charge in [0.2, 0.25) is 15.9 Å². The van der Waals surface area contributed by atoms with Crippen LogP contribution in [-0.4, -0.2) is 25.9 Å². The Hall–Kier alpha value is -2.00. The van der Waals surface area contributed by atoms with E-state index in [1.165, 1.54) is 29.5 Å². The van der Waals surface area contributed by atoms with Crippen molar-refractivity contribution in [2.45, 2.75) is 50.3 Å². The number of nitrogens with zero attached hydrogens (tertiary/aromatic N) is 1. The average Bonchev–Trinajstić information content (AvgIpc) is 3.18. The molecule has 0 saturated carbocycles. The van der Waals surface area contributed by atoms with Crippen LogP contribution in [0.25, 0.3) is 10.2 Å². The number of carbonyl (C=O) groups is 1. The van der Waals surface area contributed by atoms with Gasteiger partial charge in [0.25, 0.3) is 0 Å². The molecule has 2 N–H and O–H groups in total. The van der Waals surface area contributed by atoms with Crippen LogP contribution in [0, 0.1) is 0 Å². The smallest absolute Gasteiger partial charge is 0.240 e. The summed E-state index contributed by atoms with van der Waals surface area (Å²) in [4.78, 5) is 17.4. The lowest BCUT2D eigenvalue weighted by Crippen LogP contribution is -2.25. The lowest BCUT2D eigenvalue weighted by Gasteiger charge is -2.13. The lowest BCUT2D eigenvalue weighted by molar-refractivity contribution is -0.117. The average molecular weight is 480 g/mol. The van der Waals surface area contributed by atoms with Gasteiger partial charge in [-0.15, -0.1) is 11.3 Å². The Kier molecular flexibility index (Phi) is 8.05. The number of aromatic nitrogens is 1. The molecule has 2 aromatic carbocycles. The van der Waals surface area contributed by atoms with Crippen LogP contribution >= 0.6 is 22.9 Å². The molecule has 9 heteroatoms. The number of rotatable bonds is 10. The van der Waals surface area contributed by atoms with Gasteiger partial charge in [-0.05, 0) is 43.7 Å². The van der Waals surface area contributed by atoms with Crippen LogP contribution in [0.2, 0.25) is 5.02 Å². The summed E-state index contributed by atoms with van der Waals surface area (Å²) in [7, 11) is -3.68. The molecule has 0 aliphatic carbocycles.